The molecule has 0 aliphatic carbocycles. The smallest absolute Gasteiger partial charge is 0.356 e. The van der Waals surface area contributed by atoms with Gasteiger partial charge in [0, 0.05) is 0 Å². The van der Waals surface area contributed by atoms with Gasteiger partial charge in [-0.1, -0.05) is 12.1 Å². The van der Waals surface area contributed by atoms with Crippen molar-refractivity contribution in [2.75, 3.05) is 32.8 Å². The fourth-order valence-corrected chi connectivity index (χ4v) is 3.52. The molecule has 1 aromatic rings. The van der Waals surface area contributed by atoms with Crippen molar-refractivity contribution < 1.29 is 32.8 Å². The molecule has 0 saturated heterocycles. The summed E-state index contributed by atoms with van der Waals surface area (Å²) in [6, 6.07) is 6.48. The number of benzene rings is 1. The van der Waals surface area contributed by atoms with Crippen LogP contribution in [-0.4, -0.2) is 49.7 Å². The van der Waals surface area contributed by atoms with Crippen molar-refractivity contribution >= 4 is 19.4 Å². The highest BCUT2D eigenvalue weighted by Gasteiger charge is 2.36. The Bertz CT molecular complexity index is 603. The highest BCUT2D eigenvalue weighted by Crippen LogP contribution is 2.47. The van der Waals surface area contributed by atoms with Crippen LogP contribution in [0.15, 0.2) is 24.3 Å². The van der Waals surface area contributed by atoms with Gasteiger partial charge in [0.2, 0.25) is 0 Å². The van der Waals surface area contributed by atoms with Crippen LogP contribution in [0.25, 0.3) is 0 Å². The lowest BCUT2D eigenvalue weighted by Gasteiger charge is -2.17. The van der Waals surface area contributed by atoms with Gasteiger partial charge < -0.3 is 13.8 Å². The highest BCUT2D eigenvalue weighted by molar-refractivity contribution is 7.53. The van der Waals surface area contributed by atoms with E-state index in [9.17, 15) is 14.2 Å². The van der Waals surface area contributed by atoms with E-state index in [-0.39, 0.29) is 32.8 Å². The van der Waals surface area contributed by atoms with Gasteiger partial charge in [-0.15, -0.1) is 5.06 Å². The van der Waals surface area contributed by atoms with E-state index in [2.05, 4.69) is 0 Å². The van der Waals surface area contributed by atoms with Crippen molar-refractivity contribution in [1.82, 2.24) is 5.06 Å². The molecule has 1 aliphatic heterocycles. The molecule has 2 amide bonds. The Kier molecular flexibility index (Phi) is 6.65. The fraction of sp³-hybridized carbons (Fsp3) is 0.467. The minimum atomic E-state index is -3.28. The first kappa shape index (κ1) is 18.8. The number of hydrogen-bond donors (Lipinski definition) is 0. The Morgan fingerprint density at radius 1 is 0.958 bits per heavy atom. The molecule has 0 atom stereocenters. The quantitative estimate of drug-likeness (QED) is 0.361. The zero-order chi connectivity index (χ0) is 17.6. The van der Waals surface area contributed by atoms with Crippen LogP contribution < -0.4 is 0 Å². The largest absolute Gasteiger partial charge is 0.366 e. The maximum absolute atomic E-state index is 12.2. The van der Waals surface area contributed by atoms with Crippen molar-refractivity contribution in [3.05, 3.63) is 35.4 Å². The molecule has 1 heterocycles. The highest BCUT2D eigenvalue weighted by atomic mass is 31.2. The van der Waals surface area contributed by atoms with E-state index in [1.165, 1.54) is 0 Å². The number of imide groups is 1. The Labute approximate surface area is 140 Å². The van der Waals surface area contributed by atoms with E-state index in [0.29, 0.717) is 16.2 Å². The van der Waals surface area contributed by atoms with E-state index in [4.69, 9.17) is 18.6 Å². The summed E-state index contributed by atoms with van der Waals surface area (Å²) in [5, 5.41) is 0.707. The molecule has 24 heavy (non-hydrogen) atoms. The molecule has 1 aliphatic rings. The molecule has 0 saturated carbocycles. The number of carbonyl (C=O) groups excluding carboxylic acids is 2. The van der Waals surface area contributed by atoms with Crippen molar-refractivity contribution in [3.8, 4) is 0 Å². The summed E-state index contributed by atoms with van der Waals surface area (Å²) >= 11 is 0. The maximum atomic E-state index is 12.2. The molecule has 1 aromatic carbocycles. The van der Waals surface area contributed by atoms with Crippen molar-refractivity contribution in [3.63, 3.8) is 0 Å². The molecule has 0 fully saturated rings. The van der Waals surface area contributed by atoms with Crippen molar-refractivity contribution in [2.45, 2.75) is 13.8 Å². The van der Waals surface area contributed by atoms with E-state index in [0.717, 1.165) is 0 Å². The van der Waals surface area contributed by atoms with Crippen molar-refractivity contribution in [2.24, 2.45) is 0 Å². The summed E-state index contributed by atoms with van der Waals surface area (Å²) in [6.45, 7) is 3.87. The molecule has 0 N–H and O–H groups in total. The summed E-state index contributed by atoms with van der Waals surface area (Å²) < 4.78 is 27.5. The predicted octanol–water partition coefficient (Wildman–Crippen LogP) is 2.45. The third kappa shape index (κ3) is 4.28. The van der Waals surface area contributed by atoms with Gasteiger partial charge in [0.25, 0.3) is 11.8 Å². The minimum absolute atomic E-state index is 0.0253. The number of fused-ring (bicyclic) bond motifs is 1. The summed E-state index contributed by atoms with van der Waals surface area (Å²) in [5.74, 6) is -1.02. The predicted molar refractivity (Wildman–Crippen MR) is 84.6 cm³/mol. The van der Waals surface area contributed by atoms with Crippen LogP contribution in [0.5, 0.6) is 0 Å². The maximum Gasteiger partial charge on any atom is 0.356 e. The SMILES string of the molecule is CCOP(=O)(COCCON1C(=O)c2ccccc2C1=O)OCC. The third-order valence-corrected chi connectivity index (χ3v) is 4.91. The summed E-state index contributed by atoms with van der Waals surface area (Å²) in [7, 11) is -3.28. The second-order valence-electron chi connectivity index (χ2n) is 4.77. The van der Waals surface area contributed by atoms with Crippen LogP contribution in [0, 0.1) is 0 Å². The molecule has 8 nitrogen and oxygen atoms in total. The standard InChI is InChI=1S/C15H20NO7P/c1-3-22-24(19,23-4-2)11-20-9-10-21-16-14(17)12-7-5-6-8-13(12)15(16)18/h5-8H,3-4,9-11H2,1-2H3. The summed E-state index contributed by atoms with van der Waals surface area (Å²) in [4.78, 5) is 29.3. The second-order valence-corrected chi connectivity index (χ2v) is 6.76. The zero-order valence-electron chi connectivity index (χ0n) is 13.6. The first-order valence-corrected chi connectivity index (χ1v) is 9.31. The average molecular weight is 357 g/mol. The van der Waals surface area contributed by atoms with Gasteiger partial charge in [-0.25, -0.2) is 0 Å². The number of ether oxygens (including phenoxy) is 1. The molecular weight excluding hydrogens is 337 g/mol. The van der Waals surface area contributed by atoms with E-state index >= 15 is 0 Å². The summed E-state index contributed by atoms with van der Waals surface area (Å²) in [5.41, 5.74) is 0.612. The zero-order valence-corrected chi connectivity index (χ0v) is 14.5. The third-order valence-electron chi connectivity index (χ3n) is 3.11. The Morgan fingerprint density at radius 2 is 1.50 bits per heavy atom. The molecule has 9 heteroatoms. The molecule has 0 aromatic heterocycles. The molecule has 0 bridgehead atoms. The Balaban J connectivity index is 1.78. The molecule has 0 unspecified atom stereocenters. The van der Waals surface area contributed by atoms with Gasteiger partial charge in [-0.3, -0.25) is 19.0 Å². The second kappa shape index (κ2) is 8.50. The lowest BCUT2D eigenvalue weighted by molar-refractivity contribution is -0.104. The number of carbonyl (C=O) groups is 2. The number of nitrogens with zero attached hydrogens (tertiary/aromatic N) is 1. The number of amides is 2. The first-order valence-electron chi connectivity index (χ1n) is 7.59. The van der Waals surface area contributed by atoms with Gasteiger partial charge in [-0.2, -0.15) is 0 Å². The average Bonchev–Trinajstić information content (AvgIpc) is 2.80. The van der Waals surface area contributed by atoms with Crippen LogP contribution in [0.1, 0.15) is 34.6 Å². The first-order chi connectivity index (χ1) is 11.5. The van der Waals surface area contributed by atoms with Crippen LogP contribution in [-0.2, 0) is 23.2 Å². The molecule has 0 radical (unpaired) electrons. The molecule has 0 spiro atoms. The molecule has 132 valence electrons. The van der Waals surface area contributed by atoms with Crippen LogP contribution in [0.4, 0.5) is 0 Å². The Morgan fingerprint density at radius 3 is 2.00 bits per heavy atom. The molecular formula is C15H20NO7P. The van der Waals surface area contributed by atoms with E-state index < -0.39 is 19.4 Å². The lowest BCUT2D eigenvalue weighted by atomic mass is 10.1. The summed E-state index contributed by atoms with van der Waals surface area (Å²) in [6.07, 6.45) is -0.222. The topological polar surface area (TPSA) is 91.4 Å². The number of rotatable bonds is 10. The van der Waals surface area contributed by atoms with E-state index in [1.54, 1.807) is 38.1 Å². The van der Waals surface area contributed by atoms with E-state index in [1.807, 2.05) is 0 Å². The molecule has 2 rings (SSSR count). The van der Waals surface area contributed by atoms with Crippen LogP contribution >= 0.6 is 7.60 Å². The van der Waals surface area contributed by atoms with Gasteiger partial charge in [-0.05, 0) is 26.0 Å². The van der Waals surface area contributed by atoms with Gasteiger partial charge in [0.15, 0.2) is 0 Å². The van der Waals surface area contributed by atoms with Gasteiger partial charge in [0.05, 0.1) is 37.6 Å². The number of hydroxylamine groups is 2. The minimum Gasteiger partial charge on any atom is -0.366 e. The fourth-order valence-electron chi connectivity index (χ4n) is 2.15. The van der Waals surface area contributed by atoms with Crippen LogP contribution in [0.2, 0.25) is 0 Å². The van der Waals surface area contributed by atoms with Crippen molar-refractivity contribution in [1.29, 1.82) is 0 Å². The Hall–Kier alpha value is -1.57. The normalized spacial score (nSPS) is 14.3. The van der Waals surface area contributed by atoms with Gasteiger partial charge in [0.1, 0.15) is 6.35 Å². The lowest BCUT2D eigenvalue weighted by Crippen LogP contribution is -2.31. The van der Waals surface area contributed by atoms with Gasteiger partial charge >= 0.3 is 7.60 Å². The van der Waals surface area contributed by atoms with Crippen LogP contribution in [0.3, 0.4) is 0 Å². The monoisotopic (exact) mass is 357 g/mol. The number of hydrogen-bond acceptors (Lipinski definition) is 7.